The van der Waals surface area contributed by atoms with Crippen LogP contribution in [0.15, 0.2) is 72.3 Å². The molecule has 1 aromatic heterocycles. The van der Waals surface area contributed by atoms with Gasteiger partial charge >= 0.3 is 0 Å². The summed E-state index contributed by atoms with van der Waals surface area (Å²) in [4.78, 5) is 59.7. The van der Waals surface area contributed by atoms with Crippen LogP contribution in [0.5, 0.6) is 0 Å². The third-order valence-electron chi connectivity index (χ3n) is 7.26. The Hall–Kier alpha value is -4.11. The van der Waals surface area contributed by atoms with Gasteiger partial charge in [0.2, 0.25) is 23.5 Å². The molecule has 0 bridgehead atoms. The van der Waals surface area contributed by atoms with Crippen molar-refractivity contribution in [2.24, 2.45) is 5.92 Å². The molecule has 2 N–H and O–H groups in total. The van der Waals surface area contributed by atoms with Crippen LogP contribution in [0.4, 0.5) is 5.69 Å². The Labute approximate surface area is 231 Å². The first-order chi connectivity index (χ1) is 18.8. The van der Waals surface area contributed by atoms with Crippen molar-refractivity contribution in [2.75, 3.05) is 11.9 Å². The van der Waals surface area contributed by atoms with E-state index in [1.807, 2.05) is 68.4 Å². The van der Waals surface area contributed by atoms with Gasteiger partial charge < -0.3 is 15.5 Å². The average Bonchev–Trinajstić information content (AvgIpc) is 3.66. The number of para-hydroxylation sites is 1. The Bertz CT molecular complexity index is 1420. The zero-order valence-electron chi connectivity index (χ0n) is 21.8. The third kappa shape index (κ3) is 5.27. The summed E-state index contributed by atoms with van der Waals surface area (Å²) >= 11 is 1.21. The molecule has 2 aromatic carbocycles. The molecule has 1 spiro atoms. The van der Waals surface area contributed by atoms with E-state index in [1.54, 1.807) is 17.7 Å². The molecular formula is C30H30N4O4S. The molecule has 200 valence electrons. The summed E-state index contributed by atoms with van der Waals surface area (Å²) in [5.74, 6) is -1.22. The van der Waals surface area contributed by atoms with Crippen molar-refractivity contribution >= 4 is 46.6 Å². The number of aromatic nitrogens is 1. The Morgan fingerprint density at radius 1 is 1.15 bits per heavy atom. The maximum atomic E-state index is 14.1. The van der Waals surface area contributed by atoms with Gasteiger partial charge in [-0.25, -0.2) is 4.98 Å². The van der Waals surface area contributed by atoms with Gasteiger partial charge in [0.05, 0.1) is 11.5 Å². The smallest absolute Gasteiger partial charge is 0.245 e. The molecule has 9 heteroatoms. The first kappa shape index (κ1) is 26.5. The minimum Gasteiger partial charge on any atom is -0.341 e. The number of benzene rings is 2. The van der Waals surface area contributed by atoms with E-state index < -0.39 is 23.4 Å². The summed E-state index contributed by atoms with van der Waals surface area (Å²) in [6, 6.07) is 15.0. The number of rotatable bonds is 8. The second kappa shape index (κ2) is 10.9. The number of thiazole rings is 1. The van der Waals surface area contributed by atoms with Gasteiger partial charge in [-0.3, -0.25) is 19.2 Å². The number of carbonyl (C=O) groups is 4. The number of hydrogen-bond acceptors (Lipinski definition) is 6. The predicted molar refractivity (Wildman–Crippen MR) is 150 cm³/mol. The fourth-order valence-corrected chi connectivity index (χ4v) is 6.07. The van der Waals surface area contributed by atoms with Gasteiger partial charge in [0, 0.05) is 29.9 Å². The van der Waals surface area contributed by atoms with E-state index in [0.717, 1.165) is 11.1 Å². The van der Waals surface area contributed by atoms with Gasteiger partial charge in [-0.1, -0.05) is 62.4 Å². The number of amides is 3. The van der Waals surface area contributed by atoms with Gasteiger partial charge in [0.1, 0.15) is 6.04 Å². The summed E-state index contributed by atoms with van der Waals surface area (Å²) in [5, 5.41) is 7.79. The summed E-state index contributed by atoms with van der Waals surface area (Å²) in [6.45, 7) is 3.98. The lowest BCUT2D eigenvalue weighted by Gasteiger charge is -2.29. The molecule has 0 saturated carbocycles. The maximum Gasteiger partial charge on any atom is 0.245 e. The lowest BCUT2D eigenvalue weighted by atomic mass is 9.79. The van der Waals surface area contributed by atoms with E-state index in [-0.39, 0.29) is 41.5 Å². The molecule has 3 heterocycles. The van der Waals surface area contributed by atoms with Crippen LogP contribution in [0.2, 0.25) is 0 Å². The highest BCUT2D eigenvalue weighted by molar-refractivity contribution is 7.11. The summed E-state index contributed by atoms with van der Waals surface area (Å²) in [7, 11) is 0. The number of fused-ring (bicyclic) bond motifs is 2. The Morgan fingerprint density at radius 2 is 1.90 bits per heavy atom. The quantitative estimate of drug-likeness (QED) is 0.330. The highest BCUT2D eigenvalue weighted by Crippen LogP contribution is 2.47. The second-order valence-electron chi connectivity index (χ2n) is 10.4. The third-order valence-corrected chi connectivity index (χ3v) is 8.05. The van der Waals surface area contributed by atoms with E-state index in [4.69, 9.17) is 0 Å². The Balaban J connectivity index is 1.45. The molecule has 1 saturated heterocycles. The minimum atomic E-state index is -1.05. The van der Waals surface area contributed by atoms with Crippen LogP contribution in [0.25, 0.3) is 6.08 Å². The molecule has 8 nitrogen and oxygen atoms in total. The van der Waals surface area contributed by atoms with Crippen LogP contribution in [-0.4, -0.2) is 52.0 Å². The van der Waals surface area contributed by atoms with Crippen LogP contribution in [0, 0.1) is 5.92 Å². The maximum absolute atomic E-state index is 14.1. The van der Waals surface area contributed by atoms with E-state index in [0.29, 0.717) is 12.1 Å². The van der Waals surface area contributed by atoms with Crippen LogP contribution in [0.3, 0.4) is 0 Å². The number of likely N-dealkylation sites (tertiary alicyclic amines) is 1. The lowest BCUT2D eigenvalue weighted by Crippen LogP contribution is -2.52. The van der Waals surface area contributed by atoms with Gasteiger partial charge in [-0.15, -0.1) is 11.3 Å². The number of ketones is 1. The first-order valence-electron chi connectivity index (χ1n) is 13.0. The lowest BCUT2D eigenvalue weighted by molar-refractivity contribution is -0.136. The van der Waals surface area contributed by atoms with Crippen LogP contribution < -0.4 is 10.6 Å². The SMILES string of the molecule is CC(C)C[C@H](NC(=O)C=Cc1ccccc1)C(=O)N1C[C@]2(C[C@H]1C(=O)c1nccs1)C(=O)Nc1ccccc12. The Kier molecular flexibility index (Phi) is 7.43. The largest absolute Gasteiger partial charge is 0.341 e. The number of Topliss-reactive ketones (excluding diaryl/α,β-unsaturated/α-hetero) is 1. The van der Waals surface area contributed by atoms with Crippen molar-refractivity contribution in [3.8, 4) is 0 Å². The number of anilines is 1. The van der Waals surface area contributed by atoms with Gasteiger partial charge in [-0.05, 0) is 42.0 Å². The fourth-order valence-electron chi connectivity index (χ4n) is 5.44. The number of nitrogens with zero attached hydrogens (tertiary/aromatic N) is 2. The standard InChI is InChI=1S/C30H30N4O4S/c1-19(2)16-23(32-25(35)13-12-20-8-4-3-5-9-20)28(37)34-18-30(17-24(34)26(36)27-31-14-15-39-27)21-10-6-7-11-22(21)33-29(30)38/h3-15,19,23-24H,16-18H2,1-2H3,(H,32,35)(H,33,38)/t23-,24-,30-/m0/s1. The predicted octanol–water partition coefficient (Wildman–Crippen LogP) is 4.06. The summed E-state index contributed by atoms with van der Waals surface area (Å²) in [5.41, 5.74) is 1.28. The van der Waals surface area contributed by atoms with Crippen LogP contribution >= 0.6 is 11.3 Å². The van der Waals surface area contributed by atoms with Crippen molar-refractivity contribution in [2.45, 2.75) is 44.2 Å². The molecule has 2 aliphatic heterocycles. The van der Waals surface area contributed by atoms with Gasteiger partial charge in [0.15, 0.2) is 5.01 Å². The van der Waals surface area contributed by atoms with E-state index in [1.165, 1.54) is 22.3 Å². The molecular weight excluding hydrogens is 512 g/mol. The highest BCUT2D eigenvalue weighted by Gasteiger charge is 2.58. The van der Waals surface area contributed by atoms with Gasteiger partial charge in [0.25, 0.3) is 0 Å². The first-order valence-corrected chi connectivity index (χ1v) is 13.9. The molecule has 3 atom stereocenters. The number of carbonyl (C=O) groups excluding carboxylic acids is 4. The zero-order chi connectivity index (χ0) is 27.6. The average molecular weight is 543 g/mol. The molecule has 5 rings (SSSR count). The monoisotopic (exact) mass is 542 g/mol. The topological polar surface area (TPSA) is 108 Å². The van der Waals surface area contributed by atoms with Crippen molar-refractivity contribution in [1.82, 2.24) is 15.2 Å². The molecule has 0 radical (unpaired) electrons. The molecule has 2 aliphatic rings. The molecule has 0 aliphatic carbocycles. The summed E-state index contributed by atoms with van der Waals surface area (Å²) < 4.78 is 0. The fraction of sp³-hybridized carbons (Fsp3) is 0.300. The molecule has 0 unspecified atom stereocenters. The normalized spacial score (nSPS) is 20.8. The van der Waals surface area contributed by atoms with Crippen LogP contribution in [-0.2, 0) is 19.8 Å². The van der Waals surface area contributed by atoms with Crippen molar-refractivity contribution in [3.05, 3.63) is 88.4 Å². The summed E-state index contributed by atoms with van der Waals surface area (Å²) in [6.07, 6.45) is 5.17. The second-order valence-corrected chi connectivity index (χ2v) is 11.3. The molecule has 1 fully saturated rings. The van der Waals surface area contributed by atoms with Crippen LogP contribution in [0.1, 0.15) is 47.6 Å². The molecule has 3 amide bonds. The Morgan fingerprint density at radius 3 is 2.62 bits per heavy atom. The van der Waals surface area contributed by atoms with E-state index in [2.05, 4.69) is 15.6 Å². The van der Waals surface area contributed by atoms with Crippen molar-refractivity contribution in [1.29, 1.82) is 0 Å². The van der Waals surface area contributed by atoms with Gasteiger partial charge in [-0.2, -0.15) is 0 Å². The van der Waals surface area contributed by atoms with E-state index in [9.17, 15) is 19.2 Å². The van der Waals surface area contributed by atoms with E-state index >= 15 is 0 Å². The van der Waals surface area contributed by atoms with Crippen molar-refractivity contribution in [3.63, 3.8) is 0 Å². The number of hydrogen-bond donors (Lipinski definition) is 2. The zero-order valence-corrected chi connectivity index (χ0v) is 22.6. The number of nitrogens with one attached hydrogen (secondary N) is 2. The van der Waals surface area contributed by atoms with Crippen molar-refractivity contribution < 1.29 is 19.2 Å². The minimum absolute atomic E-state index is 0.0424. The molecule has 3 aromatic rings. The molecule has 39 heavy (non-hydrogen) atoms. The highest BCUT2D eigenvalue weighted by atomic mass is 32.1.